The lowest BCUT2D eigenvalue weighted by molar-refractivity contribution is 0.0603. The molecule has 3 aromatic rings. The van der Waals surface area contributed by atoms with Crippen LogP contribution >= 0.6 is 0 Å². The molecular formula is C19H20N2O5. The van der Waals surface area contributed by atoms with Crippen LogP contribution in [0.3, 0.4) is 0 Å². The number of pyridine rings is 1. The van der Waals surface area contributed by atoms with Crippen molar-refractivity contribution >= 4 is 17.1 Å². The Morgan fingerprint density at radius 3 is 2.50 bits per heavy atom. The predicted octanol–water partition coefficient (Wildman–Crippen LogP) is 3.82. The third-order valence-corrected chi connectivity index (χ3v) is 4.11. The van der Waals surface area contributed by atoms with E-state index in [-0.39, 0.29) is 11.6 Å². The highest BCUT2D eigenvalue weighted by atomic mass is 16.5. The molecule has 26 heavy (non-hydrogen) atoms. The summed E-state index contributed by atoms with van der Waals surface area (Å²) in [5.74, 6) is 0.823. The molecule has 0 saturated carbocycles. The van der Waals surface area contributed by atoms with E-state index >= 15 is 0 Å². The number of hydrogen-bond donors (Lipinski definition) is 0. The van der Waals surface area contributed by atoms with Crippen molar-refractivity contribution in [2.45, 2.75) is 19.8 Å². The van der Waals surface area contributed by atoms with Crippen molar-refractivity contribution in [3.05, 3.63) is 35.5 Å². The van der Waals surface area contributed by atoms with E-state index in [1.54, 1.807) is 38.5 Å². The number of hydrogen-bond acceptors (Lipinski definition) is 7. The van der Waals surface area contributed by atoms with Crippen LogP contribution in [-0.2, 0) is 4.74 Å². The van der Waals surface area contributed by atoms with E-state index in [0.29, 0.717) is 39.4 Å². The number of fused-ring (bicyclic) bond motifs is 1. The molecule has 0 aliphatic carbocycles. The number of rotatable bonds is 5. The van der Waals surface area contributed by atoms with Crippen LogP contribution in [0.2, 0.25) is 0 Å². The van der Waals surface area contributed by atoms with Gasteiger partial charge in [0.2, 0.25) is 0 Å². The summed E-state index contributed by atoms with van der Waals surface area (Å²) in [7, 11) is 4.48. The lowest BCUT2D eigenvalue weighted by Crippen LogP contribution is -2.05. The predicted molar refractivity (Wildman–Crippen MR) is 95.8 cm³/mol. The zero-order valence-electron chi connectivity index (χ0n) is 15.3. The van der Waals surface area contributed by atoms with Gasteiger partial charge in [-0.1, -0.05) is 19.0 Å². The van der Waals surface area contributed by atoms with Gasteiger partial charge in [-0.3, -0.25) is 0 Å². The minimum atomic E-state index is -0.481. The van der Waals surface area contributed by atoms with Gasteiger partial charge in [0, 0.05) is 5.56 Å². The summed E-state index contributed by atoms with van der Waals surface area (Å²) in [6, 6.07) is 7.01. The molecule has 136 valence electrons. The molecule has 0 saturated heterocycles. The minimum Gasteiger partial charge on any atom is -0.497 e. The molecule has 0 atom stereocenters. The molecule has 0 amide bonds. The Hall–Kier alpha value is -3.09. The smallest absolute Gasteiger partial charge is 0.338 e. The Labute approximate surface area is 150 Å². The standard InChI is InChI=1S/C19H20N2O5/c1-10(2)17-16-13(19(22)25-5)9-14(20-18(16)26-21-17)12-8-11(23-3)6-7-15(12)24-4/h6-10H,1-5H3. The molecular weight excluding hydrogens is 336 g/mol. The summed E-state index contributed by atoms with van der Waals surface area (Å²) >= 11 is 0. The fourth-order valence-electron chi connectivity index (χ4n) is 2.79. The van der Waals surface area contributed by atoms with Gasteiger partial charge in [-0.2, -0.15) is 0 Å². The van der Waals surface area contributed by atoms with Crippen LogP contribution in [0.5, 0.6) is 11.5 Å². The molecule has 0 radical (unpaired) electrons. The van der Waals surface area contributed by atoms with Gasteiger partial charge in [0.25, 0.3) is 5.71 Å². The van der Waals surface area contributed by atoms with Gasteiger partial charge in [0.1, 0.15) is 11.5 Å². The Morgan fingerprint density at radius 2 is 1.88 bits per heavy atom. The van der Waals surface area contributed by atoms with Crippen LogP contribution < -0.4 is 9.47 Å². The van der Waals surface area contributed by atoms with Gasteiger partial charge in [-0.25, -0.2) is 9.78 Å². The van der Waals surface area contributed by atoms with Crippen molar-refractivity contribution in [3.8, 4) is 22.8 Å². The second kappa shape index (κ2) is 7.03. The summed E-state index contributed by atoms with van der Waals surface area (Å²) < 4.78 is 21.1. The first kappa shape index (κ1) is 17.7. The second-order valence-corrected chi connectivity index (χ2v) is 6.02. The fourth-order valence-corrected chi connectivity index (χ4v) is 2.79. The zero-order valence-corrected chi connectivity index (χ0v) is 15.3. The molecule has 3 rings (SSSR count). The summed E-state index contributed by atoms with van der Waals surface area (Å²) in [6.45, 7) is 3.94. The number of carbonyl (C=O) groups excluding carboxylic acids is 1. The van der Waals surface area contributed by atoms with Gasteiger partial charge in [-0.15, -0.1) is 0 Å². The largest absolute Gasteiger partial charge is 0.497 e. The summed E-state index contributed by atoms with van der Waals surface area (Å²) in [5.41, 5.74) is 2.46. The lowest BCUT2D eigenvalue weighted by Gasteiger charge is -2.11. The average Bonchev–Trinajstić information content (AvgIpc) is 3.10. The molecule has 2 heterocycles. The highest BCUT2D eigenvalue weighted by molar-refractivity contribution is 6.04. The molecule has 2 aromatic heterocycles. The van der Waals surface area contributed by atoms with Gasteiger partial charge in [-0.05, 0) is 30.2 Å². The Kier molecular flexibility index (Phi) is 4.79. The molecule has 1 aromatic carbocycles. The average molecular weight is 356 g/mol. The number of nitrogens with zero attached hydrogens (tertiary/aromatic N) is 2. The summed E-state index contributed by atoms with van der Waals surface area (Å²) in [4.78, 5) is 16.9. The molecule has 0 unspecified atom stereocenters. The maximum atomic E-state index is 12.4. The quantitative estimate of drug-likeness (QED) is 0.643. The third-order valence-electron chi connectivity index (χ3n) is 4.11. The number of aromatic nitrogens is 2. The Morgan fingerprint density at radius 1 is 1.12 bits per heavy atom. The van der Waals surface area contributed by atoms with Crippen LogP contribution in [0.15, 0.2) is 28.8 Å². The summed E-state index contributed by atoms with van der Waals surface area (Å²) in [6.07, 6.45) is 0. The van der Waals surface area contributed by atoms with Crippen molar-refractivity contribution in [1.29, 1.82) is 0 Å². The number of methoxy groups -OCH3 is 3. The maximum absolute atomic E-state index is 12.4. The van der Waals surface area contributed by atoms with Crippen molar-refractivity contribution < 1.29 is 23.5 Å². The van der Waals surface area contributed by atoms with Crippen LogP contribution in [-0.4, -0.2) is 37.4 Å². The first-order chi connectivity index (χ1) is 12.5. The van der Waals surface area contributed by atoms with Gasteiger partial charge >= 0.3 is 5.97 Å². The van der Waals surface area contributed by atoms with Gasteiger partial charge in [0.05, 0.1) is 43.7 Å². The van der Waals surface area contributed by atoms with Crippen LogP contribution in [0.4, 0.5) is 0 Å². The van der Waals surface area contributed by atoms with Gasteiger partial charge in [0.15, 0.2) is 0 Å². The van der Waals surface area contributed by atoms with Crippen LogP contribution in [0.1, 0.15) is 35.8 Å². The fraction of sp³-hybridized carbons (Fsp3) is 0.316. The number of ether oxygens (including phenoxy) is 3. The van der Waals surface area contributed by atoms with Crippen molar-refractivity contribution in [2.75, 3.05) is 21.3 Å². The molecule has 0 bridgehead atoms. The van der Waals surface area contributed by atoms with E-state index in [4.69, 9.17) is 18.7 Å². The molecule has 7 heteroatoms. The van der Waals surface area contributed by atoms with Crippen molar-refractivity contribution in [1.82, 2.24) is 10.1 Å². The number of carbonyl (C=O) groups is 1. The second-order valence-electron chi connectivity index (χ2n) is 6.02. The third kappa shape index (κ3) is 2.96. The van der Waals surface area contributed by atoms with E-state index in [0.717, 1.165) is 0 Å². The number of esters is 1. The minimum absolute atomic E-state index is 0.0682. The zero-order chi connectivity index (χ0) is 18.8. The molecule has 0 aliphatic heterocycles. The highest BCUT2D eigenvalue weighted by Crippen LogP contribution is 2.36. The van der Waals surface area contributed by atoms with E-state index in [2.05, 4.69) is 10.1 Å². The van der Waals surface area contributed by atoms with Crippen molar-refractivity contribution in [3.63, 3.8) is 0 Å². The normalized spacial score (nSPS) is 11.0. The summed E-state index contributed by atoms with van der Waals surface area (Å²) in [5, 5.41) is 4.65. The first-order valence-electron chi connectivity index (χ1n) is 8.11. The van der Waals surface area contributed by atoms with Crippen LogP contribution in [0, 0.1) is 0 Å². The van der Waals surface area contributed by atoms with Crippen LogP contribution in [0.25, 0.3) is 22.4 Å². The van der Waals surface area contributed by atoms with Gasteiger partial charge < -0.3 is 18.7 Å². The van der Waals surface area contributed by atoms with E-state index < -0.39 is 5.97 Å². The number of benzene rings is 1. The SMILES string of the molecule is COC(=O)c1cc(-c2cc(OC)ccc2OC)nc2onc(C(C)C)c12. The first-order valence-corrected chi connectivity index (χ1v) is 8.11. The molecule has 0 aliphatic rings. The van der Waals surface area contributed by atoms with E-state index in [1.807, 2.05) is 13.8 Å². The van der Waals surface area contributed by atoms with E-state index in [9.17, 15) is 4.79 Å². The molecule has 0 N–H and O–H groups in total. The molecule has 0 fully saturated rings. The molecule has 7 nitrogen and oxygen atoms in total. The maximum Gasteiger partial charge on any atom is 0.338 e. The topological polar surface area (TPSA) is 83.7 Å². The van der Waals surface area contributed by atoms with E-state index in [1.165, 1.54) is 7.11 Å². The Balaban J connectivity index is 2.31. The molecule has 0 spiro atoms. The monoisotopic (exact) mass is 356 g/mol. The lowest BCUT2D eigenvalue weighted by atomic mass is 10.0. The highest BCUT2D eigenvalue weighted by Gasteiger charge is 2.24. The van der Waals surface area contributed by atoms with Crippen molar-refractivity contribution in [2.24, 2.45) is 0 Å². The Bertz CT molecular complexity index is 962.